The third-order valence-electron chi connectivity index (χ3n) is 3.08. The molecule has 1 aliphatic rings. The molecule has 0 fully saturated rings. The second-order valence-electron chi connectivity index (χ2n) is 4.17. The third-order valence-corrected chi connectivity index (χ3v) is 3.71. The molecule has 1 aliphatic heterocycles. The molecule has 5 nitrogen and oxygen atoms in total. The van der Waals surface area contributed by atoms with Gasteiger partial charge in [0.1, 0.15) is 24.2 Å². The van der Waals surface area contributed by atoms with Gasteiger partial charge in [-0.1, -0.05) is 0 Å². The summed E-state index contributed by atoms with van der Waals surface area (Å²) in [6.45, 7) is 0.339. The minimum Gasteiger partial charge on any atom is -0.507 e. The van der Waals surface area contributed by atoms with Gasteiger partial charge in [0.25, 0.3) is 0 Å². The molecule has 0 aliphatic carbocycles. The molecular weight excluding hydrogens is 300 g/mol. The molecule has 6 heteroatoms. The van der Waals surface area contributed by atoms with Crippen LogP contribution in [0.4, 0.5) is 0 Å². The highest BCUT2D eigenvalue weighted by Gasteiger charge is 2.31. The Morgan fingerprint density at radius 3 is 3.00 bits per heavy atom. The van der Waals surface area contributed by atoms with Gasteiger partial charge in [-0.3, -0.25) is 0 Å². The topological polar surface area (TPSA) is 67.5 Å². The number of hydrogen-bond donors (Lipinski definition) is 2. The molecule has 0 radical (unpaired) electrons. The number of phenols is 1. The molecule has 2 aromatic rings. The van der Waals surface area contributed by atoms with Crippen LogP contribution >= 0.6 is 15.9 Å². The average molecular weight is 311 g/mol. The van der Waals surface area contributed by atoms with E-state index in [4.69, 9.17) is 4.74 Å². The van der Waals surface area contributed by atoms with Crippen molar-refractivity contribution >= 4 is 15.9 Å². The highest BCUT2D eigenvalue weighted by Crippen LogP contribution is 2.42. The summed E-state index contributed by atoms with van der Waals surface area (Å²) in [5, 5.41) is 20.0. The van der Waals surface area contributed by atoms with E-state index in [1.54, 1.807) is 24.8 Å². The normalized spacial score (nSPS) is 22.3. The van der Waals surface area contributed by atoms with Gasteiger partial charge in [-0.2, -0.15) is 0 Å². The van der Waals surface area contributed by atoms with Crippen LogP contribution in [0.25, 0.3) is 0 Å². The highest BCUT2D eigenvalue weighted by atomic mass is 79.9. The van der Waals surface area contributed by atoms with Crippen LogP contribution in [0.1, 0.15) is 17.7 Å². The number of aliphatic hydroxyl groups is 1. The van der Waals surface area contributed by atoms with Crippen LogP contribution < -0.4 is 4.74 Å². The van der Waals surface area contributed by atoms with Crippen LogP contribution in [0, 0.1) is 0 Å². The molecule has 1 aromatic heterocycles. The van der Waals surface area contributed by atoms with E-state index in [2.05, 4.69) is 20.9 Å². The lowest BCUT2D eigenvalue weighted by Crippen LogP contribution is -2.28. The van der Waals surface area contributed by atoms with Crippen LogP contribution in [-0.4, -0.2) is 26.4 Å². The molecule has 3 rings (SSSR count). The summed E-state index contributed by atoms with van der Waals surface area (Å²) in [7, 11) is 0. The van der Waals surface area contributed by atoms with Gasteiger partial charge in [0, 0.05) is 24.0 Å². The summed E-state index contributed by atoms with van der Waals surface area (Å²) in [6.07, 6.45) is 4.41. The summed E-state index contributed by atoms with van der Waals surface area (Å²) in [6, 6.07) is 2.97. The van der Waals surface area contributed by atoms with E-state index in [9.17, 15) is 10.2 Å². The van der Waals surface area contributed by atoms with Crippen molar-refractivity contribution in [2.24, 2.45) is 0 Å². The van der Waals surface area contributed by atoms with Crippen molar-refractivity contribution in [2.45, 2.75) is 12.1 Å². The van der Waals surface area contributed by atoms with E-state index in [1.807, 2.05) is 4.57 Å². The number of nitrogens with zero attached hydrogens (tertiary/aromatic N) is 2. The van der Waals surface area contributed by atoms with Gasteiger partial charge >= 0.3 is 0 Å². The van der Waals surface area contributed by atoms with Gasteiger partial charge in [0.15, 0.2) is 0 Å². The van der Waals surface area contributed by atoms with Crippen LogP contribution in [0.2, 0.25) is 0 Å². The molecule has 2 N–H and O–H groups in total. The summed E-state index contributed by atoms with van der Waals surface area (Å²) in [5.41, 5.74) is 0.657. The smallest absolute Gasteiger partial charge is 0.133 e. The first-order valence-electron chi connectivity index (χ1n) is 5.47. The van der Waals surface area contributed by atoms with Crippen LogP contribution in [-0.2, 0) is 0 Å². The molecule has 0 saturated heterocycles. The lowest BCUT2D eigenvalue weighted by molar-refractivity contribution is 0.0566. The monoisotopic (exact) mass is 310 g/mol. The molecule has 18 heavy (non-hydrogen) atoms. The number of phenolic OH excluding ortho intramolecular Hbond substituents is 1. The predicted molar refractivity (Wildman–Crippen MR) is 67.5 cm³/mol. The van der Waals surface area contributed by atoms with E-state index in [-0.39, 0.29) is 11.8 Å². The number of benzene rings is 1. The van der Waals surface area contributed by atoms with Gasteiger partial charge in [-0.15, -0.1) is 0 Å². The molecule has 2 unspecified atom stereocenters. The molecule has 0 amide bonds. The maximum absolute atomic E-state index is 10.4. The predicted octanol–water partition coefficient (Wildman–Crippen LogP) is 2.02. The van der Waals surface area contributed by atoms with Gasteiger partial charge in [-0.05, 0) is 22.0 Å². The van der Waals surface area contributed by atoms with Crippen LogP contribution in [0.5, 0.6) is 11.5 Å². The second kappa shape index (κ2) is 4.29. The Hall–Kier alpha value is -1.53. The molecule has 2 heterocycles. The number of aromatic hydroxyl groups is 1. The summed E-state index contributed by atoms with van der Waals surface area (Å²) < 4.78 is 7.93. The zero-order valence-electron chi connectivity index (χ0n) is 9.32. The Morgan fingerprint density at radius 2 is 2.28 bits per heavy atom. The number of hydrogen-bond acceptors (Lipinski definition) is 4. The largest absolute Gasteiger partial charge is 0.507 e. The number of fused-ring (bicyclic) bond motifs is 1. The Balaban J connectivity index is 2.01. The Kier molecular flexibility index (Phi) is 2.76. The Bertz CT molecular complexity index is 571. The molecule has 0 bridgehead atoms. The molecule has 1 aromatic carbocycles. The van der Waals surface area contributed by atoms with Crippen LogP contribution in [0.3, 0.4) is 0 Å². The maximum atomic E-state index is 10.4. The van der Waals surface area contributed by atoms with Crippen molar-refractivity contribution in [2.75, 3.05) is 6.61 Å². The fourth-order valence-corrected chi connectivity index (χ4v) is 2.46. The summed E-state index contributed by atoms with van der Waals surface area (Å²) in [5.74, 6) is 0.613. The summed E-state index contributed by atoms with van der Waals surface area (Å²) in [4.78, 5) is 3.97. The fourth-order valence-electron chi connectivity index (χ4n) is 2.10. The molecule has 94 valence electrons. The van der Waals surface area contributed by atoms with Crippen molar-refractivity contribution in [1.29, 1.82) is 0 Å². The molecule has 0 spiro atoms. The lowest BCUT2D eigenvalue weighted by Gasteiger charge is -2.31. The number of aromatic nitrogens is 2. The van der Waals surface area contributed by atoms with Crippen molar-refractivity contribution in [3.63, 3.8) is 0 Å². The number of imidazole rings is 1. The van der Waals surface area contributed by atoms with E-state index < -0.39 is 6.10 Å². The fraction of sp³-hybridized carbons (Fsp3) is 0.250. The van der Waals surface area contributed by atoms with E-state index >= 15 is 0 Å². The number of halogens is 1. The van der Waals surface area contributed by atoms with E-state index in [0.717, 1.165) is 0 Å². The Morgan fingerprint density at radius 1 is 1.44 bits per heavy atom. The average Bonchev–Trinajstić information content (AvgIpc) is 2.86. The highest BCUT2D eigenvalue weighted by molar-refractivity contribution is 9.10. The standard InChI is InChI=1S/C12H11BrN2O3/c13-8-3-7-11(4-10(8)16)18-5-9(12(7)17)15-2-1-14-6-15/h1-4,6,9,12,16-17H,5H2. The van der Waals surface area contributed by atoms with Gasteiger partial charge < -0.3 is 19.5 Å². The zero-order valence-corrected chi connectivity index (χ0v) is 10.9. The van der Waals surface area contributed by atoms with E-state index in [1.165, 1.54) is 6.07 Å². The quantitative estimate of drug-likeness (QED) is 0.845. The lowest BCUT2D eigenvalue weighted by atomic mass is 9.99. The molecule has 2 atom stereocenters. The van der Waals surface area contributed by atoms with Gasteiger partial charge in [0.2, 0.25) is 0 Å². The first-order chi connectivity index (χ1) is 8.66. The SMILES string of the molecule is Oc1cc2c(cc1Br)C(O)C(n1ccnc1)CO2. The van der Waals surface area contributed by atoms with Crippen molar-refractivity contribution in [3.05, 3.63) is 40.9 Å². The minimum atomic E-state index is -0.695. The van der Waals surface area contributed by atoms with Crippen molar-refractivity contribution < 1.29 is 14.9 Å². The second-order valence-corrected chi connectivity index (χ2v) is 5.03. The van der Waals surface area contributed by atoms with Crippen molar-refractivity contribution in [1.82, 2.24) is 9.55 Å². The van der Waals surface area contributed by atoms with Crippen LogP contribution in [0.15, 0.2) is 35.3 Å². The number of ether oxygens (including phenoxy) is 1. The zero-order chi connectivity index (χ0) is 12.7. The van der Waals surface area contributed by atoms with Gasteiger partial charge in [0.05, 0.1) is 16.8 Å². The maximum Gasteiger partial charge on any atom is 0.133 e. The minimum absolute atomic E-state index is 0.0991. The first kappa shape index (κ1) is 11.6. The van der Waals surface area contributed by atoms with Crippen molar-refractivity contribution in [3.8, 4) is 11.5 Å². The summed E-state index contributed by atoms with van der Waals surface area (Å²) >= 11 is 3.23. The third kappa shape index (κ3) is 1.77. The molecular formula is C12H11BrN2O3. The first-order valence-corrected chi connectivity index (χ1v) is 6.27. The van der Waals surface area contributed by atoms with Gasteiger partial charge in [-0.25, -0.2) is 4.98 Å². The molecule has 0 saturated carbocycles. The number of aliphatic hydroxyl groups excluding tert-OH is 1. The number of rotatable bonds is 1. The van der Waals surface area contributed by atoms with E-state index in [0.29, 0.717) is 22.4 Å². The Labute approximate surface area is 112 Å².